The van der Waals surface area contributed by atoms with Gasteiger partial charge in [-0.1, -0.05) is 33.8 Å². The molecule has 88 valence electrons. The molecule has 3 heteroatoms. The normalized spacial score (nSPS) is 10.9. The van der Waals surface area contributed by atoms with Crippen LogP contribution in [0.25, 0.3) is 0 Å². The average Bonchev–Trinajstić information content (AvgIpc) is 2.15. The van der Waals surface area contributed by atoms with Crippen molar-refractivity contribution in [1.29, 1.82) is 0 Å². The number of halogens is 1. The van der Waals surface area contributed by atoms with E-state index in [0.717, 1.165) is 11.1 Å². The van der Waals surface area contributed by atoms with Crippen LogP contribution in [-0.4, -0.2) is 5.43 Å². The van der Waals surface area contributed by atoms with Crippen LogP contribution in [0.1, 0.15) is 50.7 Å². The Hall–Kier alpha value is -1.02. The molecular formula is C13H17ClO2. The number of ether oxygens (including phenoxy) is 1. The SMILES string of the molecule is CC(C)c1cc(OC(=O)Cl)cc(C(C)C)c1. The highest BCUT2D eigenvalue weighted by molar-refractivity contribution is 6.61. The van der Waals surface area contributed by atoms with Crippen LogP contribution in [0.4, 0.5) is 4.79 Å². The molecule has 1 aromatic carbocycles. The largest absolute Gasteiger partial charge is 0.414 e. The van der Waals surface area contributed by atoms with Crippen LogP contribution in [0.5, 0.6) is 5.75 Å². The molecule has 1 rings (SSSR count). The van der Waals surface area contributed by atoms with E-state index in [2.05, 4.69) is 33.8 Å². The second-order valence-electron chi connectivity index (χ2n) is 4.48. The Morgan fingerprint density at radius 2 is 1.50 bits per heavy atom. The first-order valence-electron chi connectivity index (χ1n) is 5.42. The van der Waals surface area contributed by atoms with Crippen LogP contribution in [0.2, 0.25) is 0 Å². The molecule has 0 radical (unpaired) electrons. The number of carbonyl (C=O) groups excluding carboxylic acids is 1. The third-order valence-electron chi connectivity index (χ3n) is 2.48. The summed E-state index contributed by atoms with van der Waals surface area (Å²) >= 11 is 5.22. The van der Waals surface area contributed by atoms with Crippen LogP contribution in [0.3, 0.4) is 0 Å². The molecule has 0 bridgehead atoms. The first kappa shape index (κ1) is 13.0. The minimum atomic E-state index is -0.796. The molecule has 16 heavy (non-hydrogen) atoms. The van der Waals surface area contributed by atoms with Crippen molar-refractivity contribution in [2.75, 3.05) is 0 Å². The van der Waals surface area contributed by atoms with Gasteiger partial charge in [0.25, 0.3) is 0 Å². The van der Waals surface area contributed by atoms with E-state index in [4.69, 9.17) is 16.3 Å². The molecule has 0 saturated heterocycles. The van der Waals surface area contributed by atoms with Gasteiger partial charge in [0, 0.05) is 11.6 Å². The lowest BCUT2D eigenvalue weighted by molar-refractivity contribution is 0.225. The minimum Gasteiger partial charge on any atom is -0.414 e. The maximum Gasteiger partial charge on any atom is 0.409 e. The summed E-state index contributed by atoms with van der Waals surface area (Å²) in [5.74, 6) is 1.31. The lowest BCUT2D eigenvalue weighted by Crippen LogP contribution is -2.00. The number of carbonyl (C=O) groups is 1. The fraction of sp³-hybridized carbons (Fsp3) is 0.462. The van der Waals surface area contributed by atoms with E-state index in [0.29, 0.717) is 17.6 Å². The van der Waals surface area contributed by atoms with Gasteiger partial charge in [0.05, 0.1) is 0 Å². The highest BCUT2D eigenvalue weighted by Gasteiger charge is 2.09. The Morgan fingerprint density at radius 3 is 1.81 bits per heavy atom. The molecule has 0 aliphatic heterocycles. The van der Waals surface area contributed by atoms with Crippen molar-refractivity contribution in [1.82, 2.24) is 0 Å². The highest BCUT2D eigenvalue weighted by Crippen LogP contribution is 2.27. The second kappa shape index (κ2) is 5.35. The van der Waals surface area contributed by atoms with Gasteiger partial charge in [-0.25, -0.2) is 4.79 Å². The molecule has 0 aromatic heterocycles. The van der Waals surface area contributed by atoms with E-state index in [1.807, 2.05) is 12.1 Å². The Bertz CT molecular complexity index is 357. The number of benzene rings is 1. The van der Waals surface area contributed by atoms with E-state index in [1.165, 1.54) is 0 Å². The highest BCUT2D eigenvalue weighted by atomic mass is 35.5. The number of rotatable bonds is 3. The summed E-state index contributed by atoms with van der Waals surface area (Å²) in [6.07, 6.45) is 0. The molecule has 0 aliphatic carbocycles. The molecule has 2 nitrogen and oxygen atoms in total. The number of hydrogen-bond acceptors (Lipinski definition) is 2. The zero-order chi connectivity index (χ0) is 12.3. The van der Waals surface area contributed by atoms with Gasteiger partial charge in [-0.15, -0.1) is 0 Å². The van der Waals surface area contributed by atoms with Gasteiger partial charge < -0.3 is 4.74 Å². The molecule has 0 unspecified atom stereocenters. The van der Waals surface area contributed by atoms with Gasteiger partial charge in [0.1, 0.15) is 5.75 Å². The van der Waals surface area contributed by atoms with Gasteiger partial charge in [0.2, 0.25) is 0 Å². The molecule has 0 amide bonds. The predicted octanol–water partition coefficient (Wildman–Crippen LogP) is 4.67. The van der Waals surface area contributed by atoms with Gasteiger partial charge >= 0.3 is 5.43 Å². The van der Waals surface area contributed by atoms with E-state index < -0.39 is 5.43 Å². The zero-order valence-corrected chi connectivity index (χ0v) is 10.8. The Kier molecular flexibility index (Phi) is 4.36. The molecule has 0 aliphatic rings. The quantitative estimate of drug-likeness (QED) is 0.718. The molecule has 0 saturated carbocycles. The fourth-order valence-corrected chi connectivity index (χ4v) is 1.55. The molecule has 0 fully saturated rings. The molecular weight excluding hydrogens is 224 g/mol. The average molecular weight is 241 g/mol. The monoisotopic (exact) mass is 240 g/mol. The van der Waals surface area contributed by atoms with Crippen LogP contribution in [0, 0.1) is 0 Å². The minimum absolute atomic E-state index is 0.395. The van der Waals surface area contributed by atoms with Gasteiger partial charge in [-0.3, -0.25) is 0 Å². The van der Waals surface area contributed by atoms with E-state index in [9.17, 15) is 4.79 Å². The van der Waals surface area contributed by atoms with Crippen molar-refractivity contribution in [2.24, 2.45) is 0 Å². The Morgan fingerprint density at radius 1 is 1.06 bits per heavy atom. The number of hydrogen-bond donors (Lipinski definition) is 0. The van der Waals surface area contributed by atoms with Crippen molar-refractivity contribution >= 4 is 17.0 Å². The summed E-state index contributed by atoms with van der Waals surface area (Å²) in [5, 5.41) is 0. The van der Waals surface area contributed by atoms with Crippen LogP contribution >= 0.6 is 11.6 Å². The first-order valence-corrected chi connectivity index (χ1v) is 5.80. The zero-order valence-electron chi connectivity index (χ0n) is 10.1. The third kappa shape index (κ3) is 3.53. The third-order valence-corrected chi connectivity index (χ3v) is 2.56. The molecule has 0 spiro atoms. The van der Waals surface area contributed by atoms with Gasteiger partial charge in [0.15, 0.2) is 0 Å². The fourth-order valence-electron chi connectivity index (χ4n) is 1.46. The van der Waals surface area contributed by atoms with Crippen molar-refractivity contribution in [3.63, 3.8) is 0 Å². The van der Waals surface area contributed by atoms with Crippen molar-refractivity contribution in [2.45, 2.75) is 39.5 Å². The topological polar surface area (TPSA) is 26.3 Å². The molecule has 1 aromatic rings. The van der Waals surface area contributed by atoms with E-state index in [-0.39, 0.29) is 0 Å². The maximum atomic E-state index is 10.7. The van der Waals surface area contributed by atoms with Crippen molar-refractivity contribution in [3.8, 4) is 5.75 Å². The van der Waals surface area contributed by atoms with Crippen molar-refractivity contribution in [3.05, 3.63) is 29.3 Å². The summed E-state index contributed by atoms with van der Waals surface area (Å²) in [4.78, 5) is 10.7. The van der Waals surface area contributed by atoms with Crippen molar-refractivity contribution < 1.29 is 9.53 Å². The second-order valence-corrected chi connectivity index (χ2v) is 4.79. The van der Waals surface area contributed by atoms with Gasteiger partial charge in [-0.2, -0.15) is 0 Å². The first-order chi connectivity index (χ1) is 7.40. The van der Waals surface area contributed by atoms with Crippen LogP contribution < -0.4 is 4.74 Å². The summed E-state index contributed by atoms with van der Waals surface area (Å²) in [6.45, 7) is 8.41. The lowest BCUT2D eigenvalue weighted by Gasteiger charge is -2.13. The summed E-state index contributed by atoms with van der Waals surface area (Å²) < 4.78 is 4.92. The summed E-state index contributed by atoms with van der Waals surface area (Å²) in [7, 11) is 0. The Balaban J connectivity index is 3.13. The van der Waals surface area contributed by atoms with Crippen LogP contribution in [-0.2, 0) is 0 Å². The lowest BCUT2D eigenvalue weighted by atomic mass is 9.95. The Labute approximate surface area is 102 Å². The molecule has 0 heterocycles. The predicted molar refractivity (Wildman–Crippen MR) is 66.5 cm³/mol. The smallest absolute Gasteiger partial charge is 0.409 e. The summed E-state index contributed by atoms with van der Waals surface area (Å²) in [5.41, 5.74) is 1.51. The van der Waals surface area contributed by atoms with Gasteiger partial charge in [-0.05, 0) is 35.1 Å². The van der Waals surface area contributed by atoms with E-state index in [1.54, 1.807) is 0 Å². The molecule has 0 N–H and O–H groups in total. The standard InChI is InChI=1S/C13H17ClO2/c1-8(2)10-5-11(9(3)4)7-12(6-10)16-13(14)15/h5-9H,1-4H3. The maximum absolute atomic E-state index is 10.7. The van der Waals surface area contributed by atoms with Crippen LogP contribution in [0.15, 0.2) is 18.2 Å². The van der Waals surface area contributed by atoms with E-state index >= 15 is 0 Å². The summed E-state index contributed by atoms with van der Waals surface area (Å²) in [6, 6.07) is 5.86. The molecule has 0 atom stereocenters.